The van der Waals surface area contributed by atoms with Crippen LogP contribution in [0.4, 0.5) is 0 Å². The summed E-state index contributed by atoms with van der Waals surface area (Å²) in [4.78, 5) is 4.99. The maximum Gasteiger partial charge on any atom is 0.0964 e. The van der Waals surface area contributed by atoms with Crippen LogP contribution in [0, 0.1) is 0 Å². The molecule has 2 rings (SSSR count). The second kappa shape index (κ2) is 7.15. The fraction of sp³-hybridized carbons (Fsp3) is 0.857. The number of nitrogens with zero attached hydrogens (tertiary/aromatic N) is 5. The molecule has 1 aliphatic heterocycles. The Morgan fingerprint density at radius 3 is 2.60 bits per heavy atom. The molecule has 1 aromatic heterocycles. The zero-order valence-corrected chi connectivity index (χ0v) is 13.2. The molecule has 0 amide bonds. The Labute approximate surface area is 122 Å². The highest BCUT2D eigenvalue weighted by Gasteiger charge is 2.25. The quantitative estimate of drug-likeness (QED) is 0.818. The molecule has 2 atom stereocenters. The van der Waals surface area contributed by atoms with E-state index < -0.39 is 0 Å². The molecule has 0 bridgehead atoms. The third-order valence-electron chi connectivity index (χ3n) is 4.22. The predicted molar refractivity (Wildman–Crippen MR) is 80.5 cm³/mol. The van der Waals surface area contributed by atoms with Crippen LogP contribution < -0.4 is 5.32 Å². The van der Waals surface area contributed by atoms with E-state index in [-0.39, 0.29) is 0 Å². The number of likely N-dealkylation sites (N-methyl/N-ethyl adjacent to an activating group) is 1. The van der Waals surface area contributed by atoms with Gasteiger partial charge in [0.25, 0.3) is 0 Å². The summed E-state index contributed by atoms with van der Waals surface area (Å²) < 4.78 is 1.96. The first-order valence-electron chi connectivity index (χ1n) is 7.64. The average Bonchev–Trinajstić information content (AvgIpc) is 2.88. The molecule has 1 saturated heterocycles. The zero-order chi connectivity index (χ0) is 14.5. The van der Waals surface area contributed by atoms with Crippen molar-refractivity contribution in [1.82, 2.24) is 30.1 Å². The van der Waals surface area contributed by atoms with Gasteiger partial charge < -0.3 is 5.32 Å². The van der Waals surface area contributed by atoms with E-state index in [2.05, 4.69) is 53.2 Å². The molecule has 0 aliphatic carbocycles. The fourth-order valence-corrected chi connectivity index (χ4v) is 2.72. The van der Waals surface area contributed by atoms with Crippen LogP contribution in [0.2, 0.25) is 0 Å². The molecule has 114 valence electrons. The van der Waals surface area contributed by atoms with Crippen molar-refractivity contribution in [2.24, 2.45) is 0 Å². The van der Waals surface area contributed by atoms with E-state index in [4.69, 9.17) is 0 Å². The summed E-state index contributed by atoms with van der Waals surface area (Å²) in [5.74, 6) is 0. The van der Waals surface area contributed by atoms with E-state index in [9.17, 15) is 0 Å². The van der Waals surface area contributed by atoms with Crippen molar-refractivity contribution in [2.45, 2.75) is 45.9 Å². The Morgan fingerprint density at radius 2 is 1.95 bits per heavy atom. The number of aromatic nitrogens is 3. The van der Waals surface area contributed by atoms with E-state index >= 15 is 0 Å². The van der Waals surface area contributed by atoms with Crippen LogP contribution in [0.1, 0.15) is 26.5 Å². The molecule has 2 heterocycles. The highest BCUT2D eigenvalue weighted by atomic mass is 15.4. The molecule has 0 aromatic carbocycles. The molecule has 6 heteroatoms. The normalized spacial score (nSPS) is 25.2. The lowest BCUT2D eigenvalue weighted by Gasteiger charge is -2.42. The first-order chi connectivity index (χ1) is 9.60. The smallest absolute Gasteiger partial charge is 0.0964 e. The van der Waals surface area contributed by atoms with E-state index in [0.29, 0.717) is 12.1 Å². The zero-order valence-electron chi connectivity index (χ0n) is 13.2. The van der Waals surface area contributed by atoms with Gasteiger partial charge >= 0.3 is 0 Å². The lowest BCUT2D eigenvalue weighted by atomic mass is 10.1. The lowest BCUT2D eigenvalue weighted by molar-refractivity contribution is 0.0574. The predicted octanol–water partition coefficient (Wildman–Crippen LogP) is 0.412. The molecular weight excluding hydrogens is 252 g/mol. The van der Waals surface area contributed by atoms with Crippen molar-refractivity contribution in [3.8, 4) is 0 Å². The van der Waals surface area contributed by atoms with Gasteiger partial charge in [-0.25, -0.2) is 0 Å². The third kappa shape index (κ3) is 4.01. The molecular formula is C14H28N6. The fourth-order valence-electron chi connectivity index (χ4n) is 2.72. The Bertz CT molecular complexity index is 392. The van der Waals surface area contributed by atoms with Crippen LogP contribution in [0.5, 0.6) is 0 Å². The number of hydrogen-bond donors (Lipinski definition) is 1. The van der Waals surface area contributed by atoms with Gasteiger partial charge in [-0.1, -0.05) is 12.1 Å². The number of piperazine rings is 1. The molecule has 0 spiro atoms. The number of rotatable bonds is 6. The molecule has 1 aliphatic rings. The van der Waals surface area contributed by atoms with Crippen LogP contribution in [-0.2, 0) is 13.1 Å². The summed E-state index contributed by atoms with van der Waals surface area (Å²) in [6.07, 6.45) is 2.05. The first-order valence-corrected chi connectivity index (χ1v) is 7.64. The SMILES string of the molecule is CCNCc1cn(CCN2CC(C)N(C)C(C)C2)nn1. The average molecular weight is 280 g/mol. The molecule has 1 N–H and O–H groups in total. The number of hydrogen-bond acceptors (Lipinski definition) is 5. The van der Waals surface area contributed by atoms with Crippen LogP contribution >= 0.6 is 0 Å². The number of nitrogens with one attached hydrogen (secondary N) is 1. The van der Waals surface area contributed by atoms with Gasteiger partial charge in [-0.15, -0.1) is 5.10 Å². The maximum absolute atomic E-state index is 4.20. The first kappa shape index (κ1) is 15.4. The Morgan fingerprint density at radius 1 is 1.25 bits per heavy atom. The molecule has 0 saturated carbocycles. The van der Waals surface area contributed by atoms with E-state index in [1.807, 2.05) is 10.9 Å². The van der Waals surface area contributed by atoms with E-state index in [1.165, 1.54) is 0 Å². The summed E-state index contributed by atoms with van der Waals surface area (Å²) in [7, 11) is 2.22. The van der Waals surface area contributed by atoms with Gasteiger partial charge in [0.15, 0.2) is 0 Å². The summed E-state index contributed by atoms with van der Waals surface area (Å²) in [5.41, 5.74) is 1.02. The Balaban J connectivity index is 1.78. The summed E-state index contributed by atoms with van der Waals surface area (Å²) >= 11 is 0. The molecule has 20 heavy (non-hydrogen) atoms. The van der Waals surface area contributed by atoms with Crippen molar-refractivity contribution in [3.63, 3.8) is 0 Å². The van der Waals surface area contributed by atoms with Gasteiger partial charge in [0, 0.05) is 44.5 Å². The van der Waals surface area contributed by atoms with E-state index in [1.54, 1.807) is 0 Å². The van der Waals surface area contributed by atoms with Crippen molar-refractivity contribution < 1.29 is 0 Å². The lowest BCUT2D eigenvalue weighted by Crippen LogP contribution is -2.55. The molecule has 2 unspecified atom stereocenters. The minimum atomic E-state index is 0.624. The van der Waals surface area contributed by atoms with Crippen LogP contribution in [0.3, 0.4) is 0 Å². The topological polar surface area (TPSA) is 49.2 Å². The maximum atomic E-state index is 4.20. The van der Waals surface area contributed by atoms with Gasteiger partial charge in [-0.3, -0.25) is 14.5 Å². The van der Waals surface area contributed by atoms with Gasteiger partial charge in [-0.05, 0) is 27.4 Å². The monoisotopic (exact) mass is 280 g/mol. The van der Waals surface area contributed by atoms with Crippen LogP contribution in [0.25, 0.3) is 0 Å². The van der Waals surface area contributed by atoms with Crippen LogP contribution in [0.15, 0.2) is 6.20 Å². The molecule has 6 nitrogen and oxygen atoms in total. The van der Waals surface area contributed by atoms with Gasteiger partial charge in [-0.2, -0.15) is 0 Å². The summed E-state index contributed by atoms with van der Waals surface area (Å²) in [6, 6.07) is 1.25. The highest BCUT2D eigenvalue weighted by molar-refractivity contribution is 4.91. The summed E-state index contributed by atoms with van der Waals surface area (Å²) in [6.45, 7) is 12.7. The largest absolute Gasteiger partial charge is 0.311 e. The minimum absolute atomic E-state index is 0.624. The minimum Gasteiger partial charge on any atom is -0.311 e. The molecule has 1 fully saturated rings. The Hall–Kier alpha value is -0.980. The standard InChI is InChI=1S/C14H28N6/c1-5-15-8-14-11-20(17-16-14)7-6-19-9-12(2)18(4)13(3)10-19/h11-13,15H,5-10H2,1-4H3. The molecule has 1 aromatic rings. The second-order valence-electron chi connectivity index (χ2n) is 5.88. The second-order valence-corrected chi connectivity index (χ2v) is 5.88. The summed E-state index contributed by atoms with van der Waals surface area (Å²) in [5, 5.41) is 11.6. The van der Waals surface area contributed by atoms with Crippen molar-refractivity contribution >= 4 is 0 Å². The third-order valence-corrected chi connectivity index (χ3v) is 4.22. The molecule has 0 radical (unpaired) electrons. The van der Waals surface area contributed by atoms with E-state index in [0.717, 1.165) is 45.0 Å². The van der Waals surface area contributed by atoms with Crippen molar-refractivity contribution in [2.75, 3.05) is 33.2 Å². The van der Waals surface area contributed by atoms with Crippen molar-refractivity contribution in [3.05, 3.63) is 11.9 Å². The van der Waals surface area contributed by atoms with Gasteiger partial charge in [0.2, 0.25) is 0 Å². The van der Waals surface area contributed by atoms with Crippen LogP contribution in [-0.4, -0.2) is 70.1 Å². The van der Waals surface area contributed by atoms with Gasteiger partial charge in [0.1, 0.15) is 0 Å². The van der Waals surface area contributed by atoms with Gasteiger partial charge in [0.05, 0.1) is 12.2 Å². The Kier molecular flexibility index (Phi) is 5.51. The highest BCUT2D eigenvalue weighted by Crippen LogP contribution is 2.12. The van der Waals surface area contributed by atoms with Crippen molar-refractivity contribution in [1.29, 1.82) is 0 Å².